The van der Waals surface area contributed by atoms with Gasteiger partial charge in [-0.3, -0.25) is 9.59 Å². The fraction of sp³-hybridized carbons (Fsp3) is 0.481. The molecule has 2 amide bonds. The van der Waals surface area contributed by atoms with E-state index in [9.17, 15) is 18.0 Å². The summed E-state index contributed by atoms with van der Waals surface area (Å²) in [6, 6.07) is 13.2. The lowest BCUT2D eigenvalue weighted by Gasteiger charge is -2.29. The van der Waals surface area contributed by atoms with E-state index >= 15 is 0 Å². The molecule has 1 saturated heterocycles. The highest BCUT2D eigenvalue weighted by atomic mass is 32.2. The average Bonchev–Trinajstić information content (AvgIpc) is 3.43. The molecule has 10 heteroatoms. The predicted molar refractivity (Wildman–Crippen MR) is 141 cm³/mol. The molecule has 0 bridgehead atoms. The van der Waals surface area contributed by atoms with Crippen molar-refractivity contribution in [3.63, 3.8) is 0 Å². The number of ether oxygens (including phenoxy) is 2. The standard InChI is InChI=1S/C27H37N3O6S/c1-4-29-37(33,34)25-14-9-21(10-15-25)11-16-26(31)30(19-22-7-12-23(35-3)13-8-22)20(2)27(32)28-18-24-6-5-17-36-24/h7-10,12-15,20,24,29H,4-6,11,16-19H2,1-3H3,(H,28,32)/t20-,24+/m0/s1. The van der Waals surface area contributed by atoms with Gasteiger partial charge in [0.15, 0.2) is 0 Å². The Bertz CT molecular complexity index is 1130. The van der Waals surface area contributed by atoms with Crippen molar-refractivity contribution in [2.45, 2.75) is 63.1 Å². The summed E-state index contributed by atoms with van der Waals surface area (Å²) < 4.78 is 37.6. The topological polar surface area (TPSA) is 114 Å². The number of hydrogen-bond acceptors (Lipinski definition) is 6. The molecule has 0 unspecified atom stereocenters. The number of nitrogens with one attached hydrogen (secondary N) is 2. The molecule has 1 aliphatic rings. The molecule has 0 aromatic heterocycles. The van der Waals surface area contributed by atoms with Gasteiger partial charge < -0.3 is 19.7 Å². The number of sulfonamides is 1. The molecule has 3 rings (SSSR count). The van der Waals surface area contributed by atoms with Crippen molar-refractivity contribution in [1.29, 1.82) is 0 Å². The van der Waals surface area contributed by atoms with Crippen LogP contribution in [0.5, 0.6) is 5.75 Å². The summed E-state index contributed by atoms with van der Waals surface area (Å²) in [6.45, 7) is 5.17. The second-order valence-corrected chi connectivity index (χ2v) is 10.8. The number of hydrogen-bond donors (Lipinski definition) is 2. The van der Waals surface area contributed by atoms with Gasteiger partial charge in [-0.25, -0.2) is 13.1 Å². The molecule has 0 aliphatic carbocycles. The van der Waals surface area contributed by atoms with Crippen LogP contribution in [0.15, 0.2) is 53.4 Å². The first kappa shape index (κ1) is 28.6. The highest BCUT2D eigenvalue weighted by Gasteiger charge is 2.27. The molecule has 2 aromatic rings. The molecule has 0 radical (unpaired) electrons. The third-order valence-electron chi connectivity index (χ3n) is 6.40. The molecule has 1 heterocycles. The Labute approximate surface area is 219 Å². The summed E-state index contributed by atoms with van der Waals surface area (Å²) in [6.07, 6.45) is 2.52. The Morgan fingerprint density at radius 3 is 2.38 bits per heavy atom. The lowest BCUT2D eigenvalue weighted by Crippen LogP contribution is -2.49. The zero-order valence-electron chi connectivity index (χ0n) is 21.7. The van der Waals surface area contributed by atoms with E-state index in [-0.39, 0.29) is 35.8 Å². The molecule has 9 nitrogen and oxygen atoms in total. The molecule has 1 aliphatic heterocycles. The van der Waals surface area contributed by atoms with E-state index in [1.807, 2.05) is 24.3 Å². The van der Waals surface area contributed by atoms with Gasteiger partial charge >= 0.3 is 0 Å². The van der Waals surface area contributed by atoms with E-state index in [0.29, 0.717) is 31.9 Å². The predicted octanol–water partition coefficient (Wildman–Crippen LogP) is 2.64. The number of carbonyl (C=O) groups is 2. The molecule has 37 heavy (non-hydrogen) atoms. The van der Waals surface area contributed by atoms with Crippen molar-refractivity contribution in [1.82, 2.24) is 14.9 Å². The van der Waals surface area contributed by atoms with Crippen LogP contribution in [0.1, 0.15) is 44.2 Å². The first-order valence-electron chi connectivity index (χ1n) is 12.6. The zero-order chi connectivity index (χ0) is 26.8. The fourth-order valence-electron chi connectivity index (χ4n) is 4.18. The van der Waals surface area contributed by atoms with E-state index < -0.39 is 16.1 Å². The van der Waals surface area contributed by atoms with Crippen LogP contribution in [0.2, 0.25) is 0 Å². The van der Waals surface area contributed by atoms with Crippen LogP contribution in [0.3, 0.4) is 0 Å². The lowest BCUT2D eigenvalue weighted by molar-refractivity contribution is -0.140. The molecule has 2 atom stereocenters. The van der Waals surface area contributed by atoms with Crippen molar-refractivity contribution in [3.8, 4) is 5.75 Å². The fourth-order valence-corrected chi connectivity index (χ4v) is 5.22. The molecular weight excluding hydrogens is 494 g/mol. The van der Waals surface area contributed by atoms with E-state index in [2.05, 4.69) is 10.0 Å². The SMILES string of the molecule is CCNS(=O)(=O)c1ccc(CCC(=O)N(Cc2ccc(OC)cc2)[C@@H](C)C(=O)NC[C@H]2CCCO2)cc1. The quantitative estimate of drug-likeness (QED) is 0.411. The Hall–Kier alpha value is -2.95. The first-order valence-corrected chi connectivity index (χ1v) is 14.1. The molecule has 2 N–H and O–H groups in total. The van der Waals surface area contributed by atoms with Crippen molar-refractivity contribution in [2.75, 3.05) is 26.8 Å². The second kappa shape index (κ2) is 13.6. The van der Waals surface area contributed by atoms with Gasteiger partial charge in [0.05, 0.1) is 18.1 Å². The summed E-state index contributed by atoms with van der Waals surface area (Å²) in [5.41, 5.74) is 1.72. The maximum atomic E-state index is 13.4. The van der Waals surface area contributed by atoms with Gasteiger partial charge in [-0.05, 0) is 61.6 Å². The number of amides is 2. The molecule has 0 saturated carbocycles. The monoisotopic (exact) mass is 531 g/mol. The Morgan fingerprint density at radius 2 is 1.78 bits per heavy atom. The number of nitrogens with zero attached hydrogens (tertiary/aromatic N) is 1. The van der Waals surface area contributed by atoms with Crippen LogP contribution in [0, 0.1) is 0 Å². The van der Waals surface area contributed by atoms with Crippen LogP contribution in [0.25, 0.3) is 0 Å². The van der Waals surface area contributed by atoms with Crippen LogP contribution in [-0.4, -0.2) is 64.1 Å². The number of methoxy groups -OCH3 is 1. The number of aryl methyl sites for hydroxylation is 1. The Balaban J connectivity index is 1.68. The third-order valence-corrected chi connectivity index (χ3v) is 7.96. The normalized spacial score (nSPS) is 16.2. The molecule has 0 spiro atoms. The van der Waals surface area contributed by atoms with Crippen molar-refractivity contribution < 1.29 is 27.5 Å². The third kappa shape index (κ3) is 8.28. The van der Waals surface area contributed by atoms with Gasteiger partial charge in [-0.15, -0.1) is 0 Å². The van der Waals surface area contributed by atoms with Gasteiger partial charge in [0.1, 0.15) is 11.8 Å². The maximum Gasteiger partial charge on any atom is 0.242 e. The van der Waals surface area contributed by atoms with Crippen molar-refractivity contribution in [2.24, 2.45) is 0 Å². The average molecular weight is 532 g/mol. The largest absolute Gasteiger partial charge is 0.497 e. The molecule has 2 aromatic carbocycles. The van der Waals surface area contributed by atoms with Crippen molar-refractivity contribution in [3.05, 3.63) is 59.7 Å². The smallest absolute Gasteiger partial charge is 0.242 e. The lowest BCUT2D eigenvalue weighted by atomic mass is 10.1. The maximum absolute atomic E-state index is 13.4. The molecule has 1 fully saturated rings. The van der Waals surface area contributed by atoms with Gasteiger partial charge in [-0.1, -0.05) is 31.2 Å². The van der Waals surface area contributed by atoms with Crippen LogP contribution in [0.4, 0.5) is 0 Å². The van der Waals surface area contributed by atoms with E-state index in [4.69, 9.17) is 9.47 Å². The minimum Gasteiger partial charge on any atom is -0.497 e. The summed E-state index contributed by atoms with van der Waals surface area (Å²) >= 11 is 0. The molecule has 202 valence electrons. The van der Waals surface area contributed by atoms with Crippen LogP contribution >= 0.6 is 0 Å². The number of carbonyl (C=O) groups excluding carboxylic acids is 2. The minimum atomic E-state index is -3.53. The first-order chi connectivity index (χ1) is 17.7. The highest BCUT2D eigenvalue weighted by molar-refractivity contribution is 7.89. The van der Waals surface area contributed by atoms with Crippen molar-refractivity contribution >= 4 is 21.8 Å². The van der Waals surface area contributed by atoms with E-state index in [0.717, 1.165) is 24.0 Å². The summed E-state index contributed by atoms with van der Waals surface area (Å²) in [5.74, 6) is 0.318. The second-order valence-electron chi connectivity index (χ2n) is 9.07. The number of rotatable bonds is 13. The van der Waals surface area contributed by atoms with Gasteiger partial charge in [0.25, 0.3) is 0 Å². The Morgan fingerprint density at radius 1 is 1.11 bits per heavy atom. The number of benzene rings is 2. The van der Waals surface area contributed by atoms with Gasteiger partial charge in [0, 0.05) is 32.7 Å². The summed E-state index contributed by atoms with van der Waals surface area (Å²) in [4.78, 5) is 28.1. The van der Waals surface area contributed by atoms with Gasteiger partial charge in [0.2, 0.25) is 21.8 Å². The summed E-state index contributed by atoms with van der Waals surface area (Å²) in [5, 5.41) is 2.93. The van der Waals surface area contributed by atoms with Gasteiger partial charge in [-0.2, -0.15) is 0 Å². The van der Waals surface area contributed by atoms with Crippen LogP contribution < -0.4 is 14.8 Å². The van der Waals surface area contributed by atoms with E-state index in [1.165, 1.54) is 12.1 Å². The van der Waals surface area contributed by atoms with Crippen LogP contribution in [-0.2, 0) is 37.3 Å². The highest BCUT2D eigenvalue weighted by Crippen LogP contribution is 2.18. The minimum absolute atomic E-state index is 0.0150. The zero-order valence-corrected chi connectivity index (χ0v) is 22.6. The molecular formula is C27H37N3O6S. The Kier molecular flexibility index (Phi) is 10.5. The summed E-state index contributed by atoms with van der Waals surface area (Å²) in [7, 11) is -1.94. The van der Waals surface area contributed by atoms with E-state index in [1.54, 1.807) is 38.0 Å².